The molecule has 1 aliphatic rings. The fourth-order valence-corrected chi connectivity index (χ4v) is 5.49. The van der Waals surface area contributed by atoms with Crippen molar-refractivity contribution in [3.05, 3.63) is 66.2 Å². The predicted octanol–water partition coefficient (Wildman–Crippen LogP) is 4.28. The molecular weight excluding hydrogens is 400 g/mol. The molecule has 1 aliphatic heterocycles. The van der Waals surface area contributed by atoms with Gasteiger partial charge in [-0.3, -0.25) is 4.79 Å². The van der Waals surface area contributed by atoms with Crippen molar-refractivity contribution in [1.82, 2.24) is 4.31 Å². The highest BCUT2D eigenvalue weighted by molar-refractivity contribution is 7.89. The predicted molar refractivity (Wildman–Crippen MR) is 118 cm³/mol. The first-order valence-electron chi connectivity index (χ1n) is 9.98. The van der Waals surface area contributed by atoms with E-state index in [-0.39, 0.29) is 22.1 Å². The molecule has 0 unspecified atom stereocenters. The Balaban J connectivity index is 1.68. The lowest BCUT2D eigenvalue weighted by molar-refractivity contribution is 0.102. The molecule has 3 aromatic rings. The van der Waals surface area contributed by atoms with E-state index >= 15 is 0 Å². The van der Waals surface area contributed by atoms with Gasteiger partial charge in [0, 0.05) is 29.7 Å². The summed E-state index contributed by atoms with van der Waals surface area (Å²) in [6, 6.07) is 18.0. The molecule has 1 saturated heterocycles. The zero-order valence-corrected chi connectivity index (χ0v) is 17.6. The topological polar surface area (TPSA) is 75.7 Å². The summed E-state index contributed by atoms with van der Waals surface area (Å²) < 4.78 is 33.1. The number of anilines is 1. The lowest BCUT2D eigenvalue weighted by Gasteiger charge is -2.26. The molecule has 1 amide bonds. The molecule has 0 radical (unpaired) electrons. The summed E-state index contributed by atoms with van der Waals surface area (Å²) in [4.78, 5) is 13.0. The number of carbonyl (C=O) groups excluding carboxylic acids is 1. The fourth-order valence-electron chi connectivity index (χ4n) is 3.79. The van der Waals surface area contributed by atoms with Gasteiger partial charge in [0.2, 0.25) is 10.0 Å². The number of carbonyl (C=O) groups is 1. The number of hydrogen-bond donors (Lipinski definition) is 1. The first kappa shape index (κ1) is 20.4. The normalized spacial score (nSPS) is 15.1. The quantitative estimate of drug-likeness (QED) is 0.663. The van der Waals surface area contributed by atoms with Gasteiger partial charge in [0.1, 0.15) is 10.6 Å². The number of ether oxygens (including phenoxy) is 1. The molecule has 7 heteroatoms. The zero-order valence-electron chi connectivity index (χ0n) is 16.8. The monoisotopic (exact) mass is 424 g/mol. The molecule has 0 bridgehead atoms. The van der Waals surface area contributed by atoms with E-state index in [0.717, 1.165) is 30.0 Å². The first-order chi connectivity index (χ1) is 14.5. The van der Waals surface area contributed by atoms with Crippen LogP contribution in [-0.2, 0) is 10.0 Å². The minimum Gasteiger partial charge on any atom is -0.495 e. The number of nitrogens with one attached hydrogen (secondary N) is 1. The number of hydrogen-bond acceptors (Lipinski definition) is 4. The lowest BCUT2D eigenvalue weighted by atomic mass is 10.1. The van der Waals surface area contributed by atoms with Crippen LogP contribution in [0.2, 0.25) is 0 Å². The van der Waals surface area contributed by atoms with Gasteiger partial charge in [-0.05, 0) is 42.5 Å². The summed E-state index contributed by atoms with van der Waals surface area (Å²) >= 11 is 0. The number of amides is 1. The standard InChI is InChI=1S/C23H24N2O4S/c1-29-21-13-12-18(16-22(21)30(27,28)25-14-5-2-6-15-25)23(26)24-20-11-7-9-17-8-3-4-10-19(17)20/h3-4,7-13,16H,2,5-6,14-15H2,1H3,(H,24,26). The Morgan fingerprint density at radius 1 is 0.967 bits per heavy atom. The molecule has 1 heterocycles. The maximum Gasteiger partial charge on any atom is 0.255 e. The molecule has 0 spiro atoms. The smallest absolute Gasteiger partial charge is 0.255 e. The van der Waals surface area contributed by atoms with Crippen LogP contribution in [0.15, 0.2) is 65.6 Å². The number of nitrogens with zero attached hydrogens (tertiary/aromatic N) is 1. The van der Waals surface area contributed by atoms with E-state index < -0.39 is 10.0 Å². The average Bonchev–Trinajstić information content (AvgIpc) is 2.79. The Morgan fingerprint density at radius 3 is 2.47 bits per heavy atom. The number of benzene rings is 3. The maximum absolute atomic E-state index is 13.2. The third-order valence-corrected chi connectivity index (χ3v) is 7.32. The van der Waals surface area contributed by atoms with Crippen molar-refractivity contribution in [3.63, 3.8) is 0 Å². The summed E-state index contributed by atoms with van der Waals surface area (Å²) in [5.74, 6) is -0.133. The molecule has 4 rings (SSSR count). The van der Waals surface area contributed by atoms with Crippen LogP contribution >= 0.6 is 0 Å². The van der Waals surface area contributed by atoms with Crippen LogP contribution in [0.4, 0.5) is 5.69 Å². The SMILES string of the molecule is COc1ccc(C(=O)Nc2cccc3ccccc23)cc1S(=O)(=O)N1CCCCC1. The van der Waals surface area contributed by atoms with Crippen LogP contribution in [0.5, 0.6) is 5.75 Å². The molecule has 3 aromatic carbocycles. The van der Waals surface area contributed by atoms with Gasteiger partial charge in [0.15, 0.2) is 0 Å². The van der Waals surface area contributed by atoms with Gasteiger partial charge in [0.25, 0.3) is 5.91 Å². The highest BCUT2D eigenvalue weighted by atomic mass is 32.2. The van der Waals surface area contributed by atoms with Gasteiger partial charge in [-0.1, -0.05) is 42.8 Å². The number of piperidine rings is 1. The van der Waals surface area contributed by atoms with E-state index in [4.69, 9.17) is 4.74 Å². The van der Waals surface area contributed by atoms with Crippen LogP contribution < -0.4 is 10.1 Å². The highest BCUT2D eigenvalue weighted by Gasteiger charge is 2.29. The molecule has 1 fully saturated rings. The van der Waals surface area contributed by atoms with Gasteiger partial charge in [0.05, 0.1) is 7.11 Å². The largest absolute Gasteiger partial charge is 0.495 e. The van der Waals surface area contributed by atoms with Gasteiger partial charge < -0.3 is 10.1 Å². The molecule has 30 heavy (non-hydrogen) atoms. The van der Waals surface area contributed by atoms with Gasteiger partial charge in [-0.25, -0.2) is 8.42 Å². The molecule has 0 saturated carbocycles. The van der Waals surface area contributed by atoms with Gasteiger partial charge in [-0.15, -0.1) is 0 Å². The molecule has 0 aromatic heterocycles. The maximum atomic E-state index is 13.2. The Morgan fingerprint density at radius 2 is 1.70 bits per heavy atom. The third kappa shape index (κ3) is 3.91. The Hall–Kier alpha value is -2.90. The second-order valence-corrected chi connectivity index (χ2v) is 9.22. The molecule has 1 N–H and O–H groups in total. The van der Waals surface area contributed by atoms with Crippen molar-refractivity contribution < 1.29 is 17.9 Å². The van der Waals surface area contributed by atoms with Crippen LogP contribution in [0.25, 0.3) is 10.8 Å². The zero-order chi connectivity index (χ0) is 21.1. The summed E-state index contributed by atoms with van der Waals surface area (Å²) in [5, 5.41) is 4.84. The van der Waals surface area contributed by atoms with Gasteiger partial charge >= 0.3 is 0 Å². The van der Waals surface area contributed by atoms with Crippen molar-refractivity contribution in [3.8, 4) is 5.75 Å². The van der Waals surface area contributed by atoms with Crippen LogP contribution in [0.1, 0.15) is 29.6 Å². The average molecular weight is 425 g/mol. The molecule has 156 valence electrons. The summed E-state index contributed by atoms with van der Waals surface area (Å²) in [7, 11) is -2.31. The van der Waals surface area contributed by atoms with Crippen molar-refractivity contribution in [2.75, 3.05) is 25.5 Å². The highest BCUT2D eigenvalue weighted by Crippen LogP contribution is 2.30. The first-order valence-corrected chi connectivity index (χ1v) is 11.4. The van der Waals surface area contributed by atoms with E-state index in [1.807, 2.05) is 42.5 Å². The number of rotatable bonds is 5. The minimum absolute atomic E-state index is 0.0254. The lowest BCUT2D eigenvalue weighted by Crippen LogP contribution is -2.35. The molecule has 6 nitrogen and oxygen atoms in total. The summed E-state index contributed by atoms with van der Waals surface area (Å²) in [6.07, 6.45) is 2.70. The van der Waals surface area contributed by atoms with Crippen LogP contribution in [0, 0.1) is 0 Å². The second-order valence-electron chi connectivity index (χ2n) is 7.31. The molecular formula is C23H24N2O4S. The molecule has 0 atom stereocenters. The van der Waals surface area contributed by atoms with Crippen molar-refractivity contribution >= 4 is 32.4 Å². The van der Waals surface area contributed by atoms with Crippen LogP contribution in [0.3, 0.4) is 0 Å². The van der Waals surface area contributed by atoms with E-state index in [0.29, 0.717) is 18.8 Å². The fraction of sp³-hybridized carbons (Fsp3) is 0.261. The summed E-state index contributed by atoms with van der Waals surface area (Å²) in [6.45, 7) is 0.968. The number of sulfonamides is 1. The van der Waals surface area contributed by atoms with E-state index in [9.17, 15) is 13.2 Å². The Bertz CT molecular complexity index is 1180. The van der Waals surface area contributed by atoms with Crippen LogP contribution in [-0.4, -0.2) is 38.8 Å². The van der Waals surface area contributed by atoms with E-state index in [1.54, 1.807) is 6.07 Å². The second kappa shape index (κ2) is 8.45. The van der Waals surface area contributed by atoms with Crippen molar-refractivity contribution in [2.24, 2.45) is 0 Å². The Kier molecular flexibility index (Phi) is 5.74. The van der Waals surface area contributed by atoms with Gasteiger partial charge in [-0.2, -0.15) is 4.31 Å². The van der Waals surface area contributed by atoms with E-state index in [2.05, 4.69) is 5.32 Å². The summed E-state index contributed by atoms with van der Waals surface area (Å²) in [5.41, 5.74) is 0.939. The van der Waals surface area contributed by atoms with Crippen molar-refractivity contribution in [2.45, 2.75) is 24.2 Å². The molecule has 0 aliphatic carbocycles. The minimum atomic E-state index is -3.74. The van der Waals surface area contributed by atoms with E-state index in [1.165, 1.54) is 23.5 Å². The number of fused-ring (bicyclic) bond motifs is 1. The Labute approximate surface area is 176 Å². The number of methoxy groups -OCH3 is 1. The third-order valence-electron chi connectivity index (χ3n) is 5.40. The van der Waals surface area contributed by atoms with Crippen molar-refractivity contribution in [1.29, 1.82) is 0 Å².